The van der Waals surface area contributed by atoms with Crippen LogP contribution in [0.2, 0.25) is 0 Å². The fraction of sp³-hybridized carbons (Fsp3) is 0.421. The molecule has 1 N–H and O–H groups in total. The quantitative estimate of drug-likeness (QED) is 0.421. The number of benzene rings is 1. The van der Waals surface area contributed by atoms with Crippen LogP contribution in [0.5, 0.6) is 0 Å². The van der Waals surface area contributed by atoms with E-state index in [0.29, 0.717) is 29.6 Å². The molecule has 7 nitrogen and oxygen atoms in total. The number of likely N-dealkylation sites (N-methyl/N-ethyl adjacent to an activating group) is 1. The second kappa shape index (κ2) is 10.8. The Labute approximate surface area is 210 Å². The summed E-state index contributed by atoms with van der Waals surface area (Å²) in [4.78, 5) is 31.0. The van der Waals surface area contributed by atoms with E-state index < -0.39 is 12.0 Å². The molecule has 0 bridgehead atoms. The average molecular weight is 406 g/mol. The number of hydrogen-bond acceptors (Lipinski definition) is 6. The number of aryl methyl sites for hydroxylation is 1. The fourth-order valence-corrected chi connectivity index (χ4v) is 3.67. The molecular weight excluding hydrogens is 382 g/mol. The van der Waals surface area contributed by atoms with E-state index in [1.54, 1.807) is 6.07 Å². The molecule has 2 aromatic rings. The van der Waals surface area contributed by atoms with Gasteiger partial charge in [-0.25, -0.2) is 4.79 Å². The van der Waals surface area contributed by atoms with Crippen LogP contribution in [0.25, 0.3) is 11.0 Å². The van der Waals surface area contributed by atoms with Gasteiger partial charge in [0.25, 0.3) is 0 Å². The second-order valence-electron chi connectivity index (χ2n) is 6.23. The summed E-state index contributed by atoms with van der Waals surface area (Å²) in [6, 6.07) is 2.39. The molecule has 142 valence electrons. The van der Waals surface area contributed by atoms with Crippen LogP contribution in [-0.4, -0.2) is 36.5 Å². The van der Waals surface area contributed by atoms with E-state index in [9.17, 15) is 14.7 Å². The molecule has 0 radical (unpaired) electrons. The first-order chi connectivity index (χ1) is 12.5. The first kappa shape index (κ1) is 25.2. The molecule has 1 unspecified atom stereocenters. The molecule has 2 heterocycles. The van der Waals surface area contributed by atoms with E-state index in [-0.39, 0.29) is 73.8 Å². The van der Waals surface area contributed by atoms with E-state index in [4.69, 9.17) is 9.25 Å². The zero-order valence-electron chi connectivity index (χ0n) is 19.1. The number of oxime groups is 1. The van der Waals surface area contributed by atoms with Gasteiger partial charge in [0.15, 0.2) is 5.43 Å². The summed E-state index contributed by atoms with van der Waals surface area (Å²) in [5.41, 5.74) is 3.26. The second-order valence-corrected chi connectivity index (χ2v) is 6.23. The maximum absolute atomic E-state index is 12.4. The van der Waals surface area contributed by atoms with Gasteiger partial charge in [-0.1, -0.05) is 18.5 Å². The normalized spacial score (nSPS) is 16.9. The third-order valence-electron chi connectivity index (χ3n) is 4.71. The van der Waals surface area contributed by atoms with Crippen LogP contribution in [0.4, 0.5) is 5.69 Å². The number of carboxylic acids is 1. The minimum absolute atomic E-state index is 0. The molecule has 0 spiro atoms. The molecule has 1 aromatic heterocycles. The fourth-order valence-electron chi connectivity index (χ4n) is 3.67. The Balaban J connectivity index is 0. The molecule has 0 aliphatic carbocycles. The third-order valence-corrected chi connectivity index (χ3v) is 4.71. The van der Waals surface area contributed by atoms with Crippen molar-refractivity contribution >= 4 is 28.3 Å². The first-order valence-electron chi connectivity index (χ1n) is 8.70. The standard InChI is InChI=1S/C19H22N2O5.2Na.2H/c1-4-6-11-17-12(9-13-16(22)7-8-26-18(11)13)14(20-25-3)10-15(19(23)24)21(17)5-2;;;;/h7-9,15H,4-6,10H2,1-3H3,(H,23,24);;;;/q;2*+1;2*-1. The Kier molecular flexibility index (Phi) is 9.73. The summed E-state index contributed by atoms with van der Waals surface area (Å²) in [6.07, 6.45) is 3.08. The monoisotopic (exact) mass is 406 g/mol. The zero-order chi connectivity index (χ0) is 18.8. The SMILES string of the molecule is CCCc1c2c(cc3c(=O)ccoc13)C(=NOC)CC(C(=O)O)N2CC.[H-].[H-].[Na+].[Na+]. The van der Waals surface area contributed by atoms with Crippen LogP contribution < -0.4 is 69.4 Å². The summed E-state index contributed by atoms with van der Waals surface area (Å²) in [5, 5.41) is 14.3. The smallest absolute Gasteiger partial charge is 1.00 e. The van der Waals surface area contributed by atoms with Gasteiger partial charge in [-0.2, -0.15) is 0 Å². The van der Waals surface area contributed by atoms with Crippen molar-refractivity contribution in [2.45, 2.75) is 39.2 Å². The van der Waals surface area contributed by atoms with Crippen molar-refractivity contribution in [3.05, 3.63) is 39.7 Å². The summed E-state index contributed by atoms with van der Waals surface area (Å²) in [7, 11) is 1.43. The van der Waals surface area contributed by atoms with E-state index in [1.807, 2.05) is 18.7 Å². The van der Waals surface area contributed by atoms with Crippen molar-refractivity contribution in [1.29, 1.82) is 0 Å². The molecule has 1 aliphatic rings. The van der Waals surface area contributed by atoms with E-state index in [2.05, 4.69) is 5.16 Å². The van der Waals surface area contributed by atoms with Crippen LogP contribution in [0.1, 0.15) is 40.7 Å². The minimum Gasteiger partial charge on any atom is -1.00 e. The van der Waals surface area contributed by atoms with Crippen LogP contribution in [0, 0.1) is 0 Å². The topological polar surface area (TPSA) is 92.3 Å². The molecule has 9 heteroatoms. The van der Waals surface area contributed by atoms with Crippen LogP contribution in [0.3, 0.4) is 0 Å². The molecule has 1 atom stereocenters. The predicted octanol–water partition coefficient (Wildman–Crippen LogP) is -2.99. The molecule has 28 heavy (non-hydrogen) atoms. The van der Waals surface area contributed by atoms with Crippen molar-refractivity contribution in [2.24, 2.45) is 5.16 Å². The first-order valence-corrected chi connectivity index (χ1v) is 8.70. The molecule has 0 saturated carbocycles. The molecular formula is C19H24N2Na2O5. The molecule has 0 amide bonds. The predicted molar refractivity (Wildman–Crippen MR) is 101 cm³/mol. The van der Waals surface area contributed by atoms with Gasteiger partial charge in [0.05, 0.1) is 23.0 Å². The molecule has 1 aliphatic heterocycles. The maximum Gasteiger partial charge on any atom is 1.00 e. The van der Waals surface area contributed by atoms with Crippen molar-refractivity contribution in [1.82, 2.24) is 0 Å². The number of aliphatic carboxylic acids is 1. The number of hydrogen-bond donors (Lipinski definition) is 1. The zero-order valence-corrected chi connectivity index (χ0v) is 21.1. The summed E-state index contributed by atoms with van der Waals surface area (Å²) in [5.74, 6) is -0.918. The van der Waals surface area contributed by atoms with Gasteiger partial charge < -0.3 is 22.1 Å². The minimum atomic E-state index is -0.918. The van der Waals surface area contributed by atoms with Gasteiger partial charge in [-0.3, -0.25) is 4.79 Å². The largest absolute Gasteiger partial charge is 1.00 e. The van der Waals surface area contributed by atoms with Gasteiger partial charge >= 0.3 is 65.1 Å². The summed E-state index contributed by atoms with van der Waals surface area (Å²) < 4.78 is 5.68. The Morgan fingerprint density at radius 1 is 1.43 bits per heavy atom. The molecule has 0 saturated heterocycles. The van der Waals surface area contributed by atoms with Gasteiger partial charge in [-0.15, -0.1) is 0 Å². The number of fused-ring (bicyclic) bond motifs is 2. The molecule has 0 fully saturated rings. The van der Waals surface area contributed by atoms with Crippen molar-refractivity contribution < 1.29 is 81.1 Å². The Hall–Kier alpha value is -0.830. The number of rotatable bonds is 5. The van der Waals surface area contributed by atoms with Crippen LogP contribution >= 0.6 is 0 Å². The number of carbonyl (C=O) groups is 1. The van der Waals surface area contributed by atoms with Crippen molar-refractivity contribution in [3.63, 3.8) is 0 Å². The maximum atomic E-state index is 12.4. The Morgan fingerprint density at radius 3 is 2.71 bits per heavy atom. The number of nitrogens with zero attached hydrogens (tertiary/aromatic N) is 2. The van der Waals surface area contributed by atoms with Gasteiger partial charge in [-0.05, 0) is 19.4 Å². The Bertz CT molecular complexity index is 952. The average Bonchev–Trinajstić information content (AvgIpc) is 2.62. The number of carboxylic acid groups (broad SMARTS) is 1. The summed E-state index contributed by atoms with van der Waals surface area (Å²) in [6.45, 7) is 4.47. The van der Waals surface area contributed by atoms with Crippen LogP contribution in [0.15, 0.2) is 32.8 Å². The van der Waals surface area contributed by atoms with Gasteiger partial charge in [0.2, 0.25) is 0 Å². The van der Waals surface area contributed by atoms with E-state index >= 15 is 0 Å². The van der Waals surface area contributed by atoms with E-state index in [0.717, 1.165) is 23.2 Å². The van der Waals surface area contributed by atoms with Gasteiger partial charge in [0, 0.05) is 30.2 Å². The van der Waals surface area contributed by atoms with Crippen LogP contribution in [-0.2, 0) is 16.1 Å². The molecule has 3 rings (SSSR count). The summed E-state index contributed by atoms with van der Waals surface area (Å²) >= 11 is 0. The van der Waals surface area contributed by atoms with E-state index in [1.165, 1.54) is 19.4 Å². The number of anilines is 1. The van der Waals surface area contributed by atoms with Gasteiger partial charge in [0.1, 0.15) is 18.7 Å². The molecule has 1 aromatic carbocycles. The van der Waals surface area contributed by atoms with Crippen molar-refractivity contribution in [3.8, 4) is 0 Å². The Morgan fingerprint density at radius 2 is 2.14 bits per heavy atom. The van der Waals surface area contributed by atoms with Crippen molar-refractivity contribution in [2.75, 3.05) is 18.6 Å². The third kappa shape index (κ3) is 4.50.